The van der Waals surface area contributed by atoms with Crippen molar-refractivity contribution in [3.63, 3.8) is 0 Å². The predicted molar refractivity (Wildman–Crippen MR) is 96.6 cm³/mol. The Bertz CT molecular complexity index is 1000. The van der Waals surface area contributed by atoms with Crippen molar-refractivity contribution in [2.45, 2.75) is 44.6 Å². The highest BCUT2D eigenvalue weighted by atomic mass is 16.2. The van der Waals surface area contributed by atoms with Gasteiger partial charge in [0, 0.05) is 24.0 Å². The number of fused-ring (bicyclic) bond motifs is 1. The van der Waals surface area contributed by atoms with Crippen LogP contribution in [0.15, 0.2) is 29.3 Å². The largest absolute Gasteiger partial charge is 0.364 e. The second-order valence-electron chi connectivity index (χ2n) is 6.65. The summed E-state index contributed by atoms with van der Waals surface area (Å²) in [6, 6.07) is 3.64. The molecular formula is C18H20N6O2. The molecule has 0 radical (unpaired) electrons. The van der Waals surface area contributed by atoms with E-state index < -0.39 is 5.91 Å². The molecule has 1 aliphatic rings. The number of nitrogens with two attached hydrogens (primary N) is 1. The summed E-state index contributed by atoms with van der Waals surface area (Å²) in [5.74, 6) is -0.363. The molecule has 3 heterocycles. The molecule has 1 fully saturated rings. The van der Waals surface area contributed by atoms with Gasteiger partial charge in [0.2, 0.25) is 0 Å². The SMILES string of the molecule is NC(=O)c1nc(-c2cccnc2)nc2c1[nH]c(=O)n2C1CCCCCC1. The molecule has 1 amide bonds. The number of amides is 1. The van der Waals surface area contributed by atoms with Gasteiger partial charge in [0.25, 0.3) is 5.91 Å². The lowest BCUT2D eigenvalue weighted by Gasteiger charge is -2.15. The van der Waals surface area contributed by atoms with Crippen LogP contribution in [0.25, 0.3) is 22.6 Å². The Balaban J connectivity index is 1.95. The number of aromatic nitrogens is 5. The first-order valence-corrected chi connectivity index (χ1v) is 8.87. The van der Waals surface area contributed by atoms with E-state index in [0.29, 0.717) is 22.6 Å². The van der Waals surface area contributed by atoms with Crippen LogP contribution in [0.4, 0.5) is 0 Å². The van der Waals surface area contributed by atoms with Crippen LogP contribution in [0.5, 0.6) is 0 Å². The van der Waals surface area contributed by atoms with E-state index in [1.165, 1.54) is 12.8 Å². The smallest absolute Gasteiger partial charge is 0.327 e. The molecule has 3 N–H and O–H groups in total. The average molecular weight is 352 g/mol. The van der Waals surface area contributed by atoms with E-state index in [2.05, 4.69) is 19.9 Å². The number of imidazole rings is 1. The van der Waals surface area contributed by atoms with E-state index in [9.17, 15) is 9.59 Å². The van der Waals surface area contributed by atoms with Crippen LogP contribution in [0.3, 0.4) is 0 Å². The van der Waals surface area contributed by atoms with E-state index >= 15 is 0 Å². The molecule has 8 nitrogen and oxygen atoms in total. The van der Waals surface area contributed by atoms with Gasteiger partial charge in [0.05, 0.1) is 0 Å². The zero-order valence-electron chi connectivity index (χ0n) is 14.3. The molecule has 3 aromatic rings. The van der Waals surface area contributed by atoms with Crippen molar-refractivity contribution in [1.29, 1.82) is 0 Å². The Hall–Kier alpha value is -3.03. The summed E-state index contributed by atoms with van der Waals surface area (Å²) in [7, 11) is 0. The molecule has 0 unspecified atom stereocenters. The number of H-pyrrole nitrogens is 1. The third-order valence-corrected chi connectivity index (χ3v) is 4.91. The number of hydrogen-bond donors (Lipinski definition) is 2. The minimum atomic E-state index is -0.697. The van der Waals surface area contributed by atoms with Crippen LogP contribution in [0.1, 0.15) is 55.1 Å². The maximum atomic E-state index is 12.6. The molecule has 1 saturated carbocycles. The van der Waals surface area contributed by atoms with E-state index in [-0.39, 0.29) is 17.4 Å². The molecule has 0 saturated heterocycles. The number of primary amides is 1. The minimum absolute atomic E-state index is 0.0262. The number of aromatic amines is 1. The fourth-order valence-corrected chi connectivity index (χ4v) is 3.66. The van der Waals surface area contributed by atoms with Gasteiger partial charge in [-0.05, 0) is 25.0 Å². The highest BCUT2D eigenvalue weighted by molar-refractivity contribution is 6.01. The Kier molecular flexibility index (Phi) is 4.24. The summed E-state index contributed by atoms with van der Waals surface area (Å²) < 4.78 is 1.68. The topological polar surface area (TPSA) is 120 Å². The summed E-state index contributed by atoms with van der Waals surface area (Å²) in [5, 5.41) is 0. The second-order valence-corrected chi connectivity index (χ2v) is 6.65. The molecule has 8 heteroatoms. The molecule has 0 aliphatic heterocycles. The fourth-order valence-electron chi connectivity index (χ4n) is 3.66. The second kappa shape index (κ2) is 6.70. The first-order chi connectivity index (χ1) is 12.6. The van der Waals surface area contributed by atoms with E-state index in [1.54, 1.807) is 29.1 Å². The molecule has 0 atom stereocenters. The Morgan fingerprint density at radius 3 is 2.62 bits per heavy atom. The van der Waals surface area contributed by atoms with Gasteiger partial charge in [-0.2, -0.15) is 0 Å². The molecule has 3 aromatic heterocycles. The molecule has 1 aliphatic carbocycles. The molecule has 0 aromatic carbocycles. The van der Waals surface area contributed by atoms with Crippen molar-refractivity contribution >= 4 is 17.1 Å². The average Bonchev–Trinajstić information content (AvgIpc) is 2.82. The maximum Gasteiger partial charge on any atom is 0.327 e. The van der Waals surface area contributed by atoms with Crippen molar-refractivity contribution in [3.05, 3.63) is 40.7 Å². The zero-order chi connectivity index (χ0) is 18.1. The van der Waals surface area contributed by atoms with Crippen molar-refractivity contribution in [2.75, 3.05) is 0 Å². The Morgan fingerprint density at radius 2 is 1.96 bits per heavy atom. The first kappa shape index (κ1) is 16.4. The molecule has 134 valence electrons. The van der Waals surface area contributed by atoms with Crippen molar-refractivity contribution < 1.29 is 4.79 Å². The number of carbonyl (C=O) groups is 1. The number of carbonyl (C=O) groups excluding carboxylic acids is 1. The van der Waals surface area contributed by atoms with Crippen molar-refractivity contribution in [2.24, 2.45) is 5.73 Å². The predicted octanol–water partition coefficient (Wildman–Crippen LogP) is 2.18. The number of nitrogens with one attached hydrogen (secondary N) is 1. The zero-order valence-corrected chi connectivity index (χ0v) is 14.3. The number of nitrogens with zero attached hydrogens (tertiary/aromatic N) is 4. The van der Waals surface area contributed by atoms with Crippen molar-refractivity contribution in [3.8, 4) is 11.4 Å². The lowest BCUT2D eigenvalue weighted by molar-refractivity contribution is 0.0997. The molecule has 0 bridgehead atoms. The van der Waals surface area contributed by atoms with Crippen LogP contribution < -0.4 is 11.4 Å². The quantitative estimate of drug-likeness (QED) is 0.700. The van der Waals surface area contributed by atoms with Crippen molar-refractivity contribution in [1.82, 2.24) is 24.5 Å². The standard InChI is InChI=1S/C18H20N6O2/c19-15(25)13-14-17(23-16(21-13)11-6-5-9-20-10-11)24(18(26)22-14)12-7-3-1-2-4-8-12/h5-6,9-10,12H,1-4,7-8H2,(H2,19,25)(H,22,26). The van der Waals surface area contributed by atoms with Gasteiger partial charge < -0.3 is 10.7 Å². The lowest BCUT2D eigenvalue weighted by Crippen LogP contribution is -2.22. The van der Waals surface area contributed by atoms with Crippen LogP contribution in [0, 0.1) is 0 Å². The van der Waals surface area contributed by atoms with E-state index in [0.717, 1.165) is 25.7 Å². The number of rotatable bonds is 3. The summed E-state index contributed by atoms with van der Waals surface area (Å²) in [5.41, 5.74) is 6.67. The third kappa shape index (κ3) is 2.87. The highest BCUT2D eigenvalue weighted by Crippen LogP contribution is 2.29. The monoisotopic (exact) mass is 352 g/mol. The van der Waals surface area contributed by atoms with E-state index in [1.807, 2.05) is 0 Å². The van der Waals surface area contributed by atoms with Crippen LogP contribution in [0.2, 0.25) is 0 Å². The first-order valence-electron chi connectivity index (χ1n) is 8.87. The normalized spacial score (nSPS) is 15.8. The molecule has 4 rings (SSSR count). The van der Waals surface area contributed by atoms with Gasteiger partial charge in [0.1, 0.15) is 5.52 Å². The van der Waals surface area contributed by atoms with Crippen LogP contribution >= 0.6 is 0 Å². The van der Waals surface area contributed by atoms with Gasteiger partial charge in [0.15, 0.2) is 17.2 Å². The molecule has 26 heavy (non-hydrogen) atoms. The van der Waals surface area contributed by atoms with Crippen LogP contribution in [-0.4, -0.2) is 30.4 Å². The van der Waals surface area contributed by atoms with E-state index in [4.69, 9.17) is 5.73 Å². The van der Waals surface area contributed by atoms with Gasteiger partial charge in [-0.25, -0.2) is 14.8 Å². The Labute approximate surface area is 149 Å². The molecular weight excluding hydrogens is 332 g/mol. The van der Waals surface area contributed by atoms with Gasteiger partial charge in [-0.1, -0.05) is 25.7 Å². The maximum absolute atomic E-state index is 12.6. The van der Waals surface area contributed by atoms with Gasteiger partial charge in [-0.3, -0.25) is 14.3 Å². The van der Waals surface area contributed by atoms with Gasteiger partial charge >= 0.3 is 5.69 Å². The Morgan fingerprint density at radius 1 is 1.19 bits per heavy atom. The lowest BCUT2D eigenvalue weighted by atomic mass is 10.1. The summed E-state index contributed by atoms with van der Waals surface area (Å²) in [6.45, 7) is 0. The summed E-state index contributed by atoms with van der Waals surface area (Å²) in [6.07, 6.45) is 9.61. The summed E-state index contributed by atoms with van der Waals surface area (Å²) in [4.78, 5) is 40.3. The summed E-state index contributed by atoms with van der Waals surface area (Å²) >= 11 is 0. The molecule has 0 spiro atoms. The number of hydrogen-bond acceptors (Lipinski definition) is 5. The number of pyridine rings is 1. The van der Waals surface area contributed by atoms with Gasteiger partial charge in [-0.15, -0.1) is 0 Å². The van der Waals surface area contributed by atoms with Crippen LogP contribution in [-0.2, 0) is 0 Å². The third-order valence-electron chi connectivity index (χ3n) is 4.91. The fraction of sp³-hybridized carbons (Fsp3) is 0.389. The highest BCUT2D eigenvalue weighted by Gasteiger charge is 2.24. The minimum Gasteiger partial charge on any atom is -0.364 e.